The number of hydrazine groups is 1. The van der Waals surface area contributed by atoms with Crippen LogP contribution in [0.1, 0.15) is 6.92 Å². The van der Waals surface area contributed by atoms with Gasteiger partial charge >= 0.3 is 12.1 Å². The van der Waals surface area contributed by atoms with Gasteiger partial charge in [0.15, 0.2) is 10.4 Å². The molecule has 0 aromatic heterocycles. The summed E-state index contributed by atoms with van der Waals surface area (Å²) >= 11 is 24.2. The third-order valence-electron chi connectivity index (χ3n) is 3.26. The van der Waals surface area contributed by atoms with E-state index in [0.717, 1.165) is 4.53 Å². The topological polar surface area (TPSA) is 32.8 Å². The van der Waals surface area contributed by atoms with Crippen LogP contribution in [0, 0.1) is 0 Å². The summed E-state index contributed by atoms with van der Waals surface area (Å²) in [6, 6.07) is -2.13. The Morgan fingerprint density at radius 1 is 1.42 bits per heavy atom. The Morgan fingerprint density at radius 3 is 2.54 bits per heavy atom. The fourth-order valence-corrected chi connectivity index (χ4v) is 3.70. The molecule has 0 saturated carbocycles. The highest BCUT2D eigenvalue weighted by atomic mass is 35.5. The highest BCUT2D eigenvalue weighted by Gasteiger charge is 2.49. The molecular formula is C13H11Cl4F3N2O2. The van der Waals surface area contributed by atoms with Crippen molar-refractivity contribution in [2.45, 2.75) is 29.5 Å². The normalized spacial score (nSPS) is 27.1. The van der Waals surface area contributed by atoms with Crippen LogP contribution in [0.3, 0.4) is 0 Å². The van der Waals surface area contributed by atoms with Crippen molar-refractivity contribution >= 4 is 52.5 Å². The minimum Gasteiger partial charge on any atom is -0.464 e. The number of ether oxygens (including phenoxy) is 1. The Hall–Kier alpha value is -0.600. The van der Waals surface area contributed by atoms with Crippen LogP contribution in [0.25, 0.3) is 0 Å². The zero-order valence-corrected chi connectivity index (χ0v) is 15.1. The first kappa shape index (κ1) is 19.7. The Morgan fingerprint density at radius 2 is 2.04 bits per heavy atom. The smallest absolute Gasteiger partial charge is 0.416 e. The van der Waals surface area contributed by atoms with Crippen LogP contribution >= 0.6 is 46.6 Å². The van der Waals surface area contributed by atoms with E-state index in [1.807, 2.05) is 0 Å². The second-order valence-electron chi connectivity index (χ2n) is 4.91. The number of allylic oxidation sites excluding steroid dienone is 2. The van der Waals surface area contributed by atoms with E-state index >= 15 is 0 Å². The Bertz CT molecular complexity index is 619. The molecule has 1 heterocycles. The fourth-order valence-electron chi connectivity index (χ4n) is 2.24. The van der Waals surface area contributed by atoms with E-state index in [1.165, 1.54) is 17.3 Å². The van der Waals surface area contributed by atoms with Gasteiger partial charge in [-0.3, -0.25) is 5.01 Å². The zero-order valence-electron chi connectivity index (χ0n) is 12.0. The van der Waals surface area contributed by atoms with Gasteiger partial charge in [-0.05, 0) is 25.2 Å². The second kappa shape index (κ2) is 6.96. The lowest BCUT2D eigenvalue weighted by Crippen LogP contribution is -2.51. The highest BCUT2D eigenvalue weighted by molar-refractivity contribution is 6.51. The summed E-state index contributed by atoms with van der Waals surface area (Å²) in [5, 5.41) is 0.890. The minimum atomic E-state index is -4.66. The van der Waals surface area contributed by atoms with E-state index in [9.17, 15) is 18.0 Å². The van der Waals surface area contributed by atoms with E-state index in [1.54, 1.807) is 6.92 Å². The predicted molar refractivity (Wildman–Crippen MR) is 85.4 cm³/mol. The molecule has 0 spiro atoms. The van der Waals surface area contributed by atoms with Gasteiger partial charge in [0, 0.05) is 23.0 Å². The molecule has 2 rings (SSSR count). The lowest BCUT2D eigenvalue weighted by atomic mass is 10.0. The first-order valence-electron chi connectivity index (χ1n) is 6.62. The number of halogens is 7. The first-order chi connectivity index (χ1) is 11.0. The summed E-state index contributed by atoms with van der Waals surface area (Å²) in [7, 11) is 0. The highest BCUT2D eigenvalue weighted by Crippen LogP contribution is 2.46. The molecule has 2 aliphatic rings. The van der Waals surface area contributed by atoms with E-state index in [0.29, 0.717) is 12.2 Å². The lowest BCUT2D eigenvalue weighted by molar-refractivity contribution is -0.148. The monoisotopic (exact) mass is 424 g/mol. The van der Waals surface area contributed by atoms with Crippen LogP contribution in [0.4, 0.5) is 13.2 Å². The van der Waals surface area contributed by atoms with E-state index in [2.05, 4.69) is 0 Å². The van der Waals surface area contributed by atoms with Gasteiger partial charge in [0.05, 0.1) is 12.2 Å². The third kappa shape index (κ3) is 3.80. The molecule has 11 heteroatoms. The zero-order chi connectivity index (χ0) is 18.3. The number of rotatable bonds is 3. The van der Waals surface area contributed by atoms with Crippen LogP contribution in [0.2, 0.25) is 0 Å². The molecule has 0 aromatic rings. The third-order valence-corrected chi connectivity index (χ3v) is 4.59. The van der Waals surface area contributed by atoms with Crippen LogP contribution in [0.15, 0.2) is 35.0 Å². The summed E-state index contributed by atoms with van der Waals surface area (Å²) in [6.07, 6.45) is -0.563. The quantitative estimate of drug-likeness (QED) is 0.383. The van der Waals surface area contributed by atoms with Crippen molar-refractivity contribution in [3.63, 3.8) is 0 Å². The van der Waals surface area contributed by atoms with Crippen LogP contribution in [-0.4, -0.2) is 44.7 Å². The molecule has 0 fully saturated rings. The van der Waals surface area contributed by atoms with Gasteiger partial charge in [-0.1, -0.05) is 34.8 Å². The summed E-state index contributed by atoms with van der Waals surface area (Å²) < 4.78 is 42.4. The number of alkyl halides is 5. The average Bonchev–Trinajstić information content (AvgIpc) is 2.78. The number of hydrogen-bond donors (Lipinski definition) is 0. The fraction of sp³-hybridized carbons (Fsp3) is 0.462. The van der Waals surface area contributed by atoms with Gasteiger partial charge < -0.3 is 4.74 Å². The minimum absolute atomic E-state index is 0.143. The molecule has 1 aliphatic heterocycles. The van der Waals surface area contributed by atoms with Crippen molar-refractivity contribution in [1.29, 1.82) is 0 Å². The van der Waals surface area contributed by atoms with Crippen molar-refractivity contribution in [3.05, 3.63) is 35.0 Å². The van der Waals surface area contributed by atoms with E-state index in [-0.39, 0.29) is 11.6 Å². The van der Waals surface area contributed by atoms with Crippen molar-refractivity contribution in [2.24, 2.45) is 0 Å². The van der Waals surface area contributed by atoms with Gasteiger partial charge in [-0.15, -0.1) is 4.53 Å². The standard InChI is InChI=1S/C13H11Cl4F3N2O2/c1-2-24-11(23)9-3-4-21(22(9)17)10-8(14)5-7(13(18,19)20)6-12(10,15)16/h3-6,9-10H,2H2,1H3. The second-order valence-corrected chi connectivity index (χ2v) is 7.14. The van der Waals surface area contributed by atoms with Gasteiger partial charge in [0.2, 0.25) is 0 Å². The summed E-state index contributed by atoms with van der Waals surface area (Å²) in [5.41, 5.74) is -1.07. The molecule has 134 valence electrons. The number of hydrogen-bond acceptors (Lipinski definition) is 4. The van der Waals surface area contributed by atoms with Crippen molar-refractivity contribution in [1.82, 2.24) is 9.54 Å². The number of carbonyl (C=O) groups excluding carboxylic acids is 1. The van der Waals surface area contributed by atoms with Crippen molar-refractivity contribution in [3.8, 4) is 0 Å². The first-order valence-corrected chi connectivity index (χ1v) is 8.09. The van der Waals surface area contributed by atoms with Gasteiger partial charge in [-0.2, -0.15) is 13.2 Å². The maximum Gasteiger partial charge on any atom is 0.416 e. The molecule has 0 amide bonds. The SMILES string of the molecule is CCOC(=O)C1C=CN(C2C(Cl)=CC(C(F)(F)F)=CC2(Cl)Cl)N1Cl. The molecule has 0 aromatic carbocycles. The van der Waals surface area contributed by atoms with Gasteiger partial charge in [0.25, 0.3) is 0 Å². The van der Waals surface area contributed by atoms with Crippen LogP contribution in [0.5, 0.6) is 0 Å². The maximum absolute atomic E-state index is 12.9. The van der Waals surface area contributed by atoms with Crippen molar-refractivity contribution in [2.75, 3.05) is 6.61 Å². The Labute approximate surface area is 156 Å². The lowest BCUT2D eigenvalue weighted by Gasteiger charge is -2.40. The molecule has 0 N–H and O–H groups in total. The Balaban J connectivity index is 2.28. The molecule has 0 radical (unpaired) electrons. The summed E-state index contributed by atoms with van der Waals surface area (Å²) in [4.78, 5) is 11.8. The predicted octanol–water partition coefficient (Wildman–Crippen LogP) is 4.29. The average molecular weight is 426 g/mol. The molecule has 0 saturated heterocycles. The number of nitrogens with zero attached hydrogens (tertiary/aromatic N) is 2. The van der Waals surface area contributed by atoms with E-state index in [4.69, 9.17) is 51.3 Å². The Kier molecular flexibility index (Phi) is 5.72. The number of esters is 1. The van der Waals surface area contributed by atoms with Crippen molar-refractivity contribution < 1.29 is 22.7 Å². The van der Waals surface area contributed by atoms with Crippen LogP contribution < -0.4 is 0 Å². The van der Waals surface area contributed by atoms with Crippen LogP contribution in [-0.2, 0) is 9.53 Å². The molecular weight excluding hydrogens is 415 g/mol. The molecule has 24 heavy (non-hydrogen) atoms. The summed E-state index contributed by atoms with van der Waals surface area (Å²) in [6.45, 7) is 1.77. The molecule has 1 aliphatic carbocycles. The molecule has 2 atom stereocenters. The molecule has 2 unspecified atom stereocenters. The van der Waals surface area contributed by atoms with E-state index < -0.39 is 34.1 Å². The van der Waals surface area contributed by atoms with Gasteiger partial charge in [-0.25, -0.2) is 4.79 Å². The van der Waals surface area contributed by atoms with Gasteiger partial charge in [0.1, 0.15) is 6.04 Å². The largest absolute Gasteiger partial charge is 0.464 e. The molecule has 4 nitrogen and oxygen atoms in total. The summed E-state index contributed by atoms with van der Waals surface area (Å²) in [5.74, 6) is -0.636. The molecule has 0 bridgehead atoms. The number of carbonyl (C=O) groups is 1. The maximum atomic E-state index is 12.9.